The zero-order valence-corrected chi connectivity index (χ0v) is 12.2. The van der Waals surface area contributed by atoms with Crippen LogP contribution in [-0.4, -0.2) is 27.6 Å². The summed E-state index contributed by atoms with van der Waals surface area (Å²) in [6.45, 7) is 12.7. The standard InChI is InChI=1S/C14H25N3O/c1-10(2)8-17(11-6-7-11)9-12-15-13(16-18-12)14(3,4)5/h10-11H,6-9H2,1-5H3. The minimum atomic E-state index is -0.0375. The summed E-state index contributed by atoms with van der Waals surface area (Å²) in [6.07, 6.45) is 2.62. The van der Waals surface area contributed by atoms with Gasteiger partial charge in [-0.1, -0.05) is 39.8 Å². The van der Waals surface area contributed by atoms with Gasteiger partial charge in [0.25, 0.3) is 0 Å². The fraction of sp³-hybridized carbons (Fsp3) is 0.857. The van der Waals surface area contributed by atoms with Crippen LogP contribution in [0.15, 0.2) is 4.52 Å². The zero-order valence-electron chi connectivity index (χ0n) is 12.2. The second-order valence-corrected chi connectivity index (χ2v) is 6.82. The van der Waals surface area contributed by atoms with Crippen LogP contribution in [0.3, 0.4) is 0 Å². The Bertz CT molecular complexity index is 388. The van der Waals surface area contributed by atoms with Crippen LogP contribution < -0.4 is 0 Å². The summed E-state index contributed by atoms with van der Waals surface area (Å²) in [6, 6.07) is 0.734. The molecule has 0 amide bonds. The Morgan fingerprint density at radius 1 is 1.33 bits per heavy atom. The molecular formula is C14H25N3O. The van der Waals surface area contributed by atoms with Gasteiger partial charge in [0.2, 0.25) is 5.89 Å². The highest BCUT2D eigenvalue weighted by molar-refractivity contribution is 5.00. The number of hydrogen-bond acceptors (Lipinski definition) is 4. The maximum absolute atomic E-state index is 5.38. The van der Waals surface area contributed by atoms with Crippen molar-refractivity contribution in [3.8, 4) is 0 Å². The molecule has 1 aromatic rings. The Morgan fingerprint density at radius 2 is 2.00 bits per heavy atom. The molecule has 2 rings (SSSR count). The van der Waals surface area contributed by atoms with Gasteiger partial charge in [0.1, 0.15) is 0 Å². The van der Waals surface area contributed by atoms with Crippen molar-refractivity contribution in [1.82, 2.24) is 15.0 Å². The van der Waals surface area contributed by atoms with E-state index >= 15 is 0 Å². The fourth-order valence-corrected chi connectivity index (χ4v) is 2.05. The van der Waals surface area contributed by atoms with Gasteiger partial charge in [-0.15, -0.1) is 0 Å². The lowest BCUT2D eigenvalue weighted by Gasteiger charge is -2.21. The second kappa shape index (κ2) is 5.00. The fourth-order valence-electron chi connectivity index (χ4n) is 2.05. The van der Waals surface area contributed by atoms with Crippen LogP contribution in [0, 0.1) is 5.92 Å². The van der Waals surface area contributed by atoms with Crippen LogP contribution in [0.25, 0.3) is 0 Å². The van der Waals surface area contributed by atoms with Gasteiger partial charge in [0.15, 0.2) is 5.82 Å². The predicted octanol–water partition coefficient (Wildman–Crippen LogP) is 2.99. The molecule has 0 atom stereocenters. The summed E-state index contributed by atoms with van der Waals surface area (Å²) in [7, 11) is 0. The highest BCUT2D eigenvalue weighted by Crippen LogP contribution is 2.29. The maximum Gasteiger partial charge on any atom is 0.240 e. The molecule has 0 aromatic carbocycles. The third-order valence-electron chi connectivity index (χ3n) is 3.14. The van der Waals surface area contributed by atoms with Crippen LogP contribution in [0.2, 0.25) is 0 Å². The van der Waals surface area contributed by atoms with Gasteiger partial charge in [-0.05, 0) is 18.8 Å². The van der Waals surface area contributed by atoms with Gasteiger partial charge in [-0.2, -0.15) is 4.98 Å². The lowest BCUT2D eigenvalue weighted by Crippen LogP contribution is -2.29. The van der Waals surface area contributed by atoms with Gasteiger partial charge >= 0.3 is 0 Å². The third kappa shape index (κ3) is 3.55. The first kappa shape index (κ1) is 13.5. The molecule has 0 radical (unpaired) electrons. The molecule has 102 valence electrons. The molecule has 0 saturated heterocycles. The van der Waals surface area contributed by atoms with E-state index in [0.717, 1.165) is 30.8 Å². The van der Waals surface area contributed by atoms with Crippen LogP contribution in [0.1, 0.15) is 59.2 Å². The van der Waals surface area contributed by atoms with E-state index in [9.17, 15) is 0 Å². The average Bonchev–Trinajstić information content (AvgIpc) is 2.96. The first-order valence-electron chi connectivity index (χ1n) is 6.93. The molecule has 0 aliphatic heterocycles. The smallest absolute Gasteiger partial charge is 0.240 e. The van der Waals surface area contributed by atoms with Crippen molar-refractivity contribution in [2.24, 2.45) is 5.92 Å². The van der Waals surface area contributed by atoms with Gasteiger partial charge in [-0.3, -0.25) is 4.90 Å². The van der Waals surface area contributed by atoms with Crippen molar-refractivity contribution in [3.05, 3.63) is 11.7 Å². The summed E-state index contributed by atoms with van der Waals surface area (Å²) in [4.78, 5) is 7.00. The van der Waals surface area contributed by atoms with Crippen molar-refractivity contribution in [1.29, 1.82) is 0 Å². The van der Waals surface area contributed by atoms with Crippen molar-refractivity contribution in [2.45, 2.75) is 65.5 Å². The van der Waals surface area contributed by atoms with Crippen molar-refractivity contribution in [2.75, 3.05) is 6.54 Å². The zero-order chi connectivity index (χ0) is 13.3. The summed E-state index contributed by atoms with van der Waals surface area (Å²) in [5.41, 5.74) is -0.0375. The van der Waals surface area contributed by atoms with Gasteiger partial charge in [0.05, 0.1) is 6.54 Å². The summed E-state index contributed by atoms with van der Waals surface area (Å²) < 4.78 is 5.38. The third-order valence-corrected chi connectivity index (χ3v) is 3.14. The summed E-state index contributed by atoms with van der Waals surface area (Å²) >= 11 is 0. The second-order valence-electron chi connectivity index (χ2n) is 6.82. The van der Waals surface area contributed by atoms with Gasteiger partial charge in [-0.25, -0.2) is 0 Å². The van der Waals surface area contributed by atoms with E-state index in [2.05, 4.69) is 49.7 Å². The van der Waals surface area contributed by atoms with E-state index < -0.39 is 0 Å². The Morgan fingerprint density at radius 3 is 2.44 bits per heavy atom. The topological polar surface area (TPSA) is 42.2 Å². The first-order valence-corrected chi connectivity index (χ1v) is 6.93. The normalized spacial score (nSPS) is 16.8. The molecule has 0 unspecified atom stereocenters. The Kier molecular flexibility index (Phi) is 3.76. The summed E-state index contributed by atoms with van der Waals surface area (Å²) in [5.74, 6) is 2.24. The molecular weight excluding hydrogens is 226 g/mol. The molecule has 18 heavy (non-hydrogen) atoms. The molecule has 4 heteroatoms. The van der Waals surface area contributed by atoms with E-state index in [1.165, 1.54) is 12.8 Å². The van der Waals surface area contributed by atoms with Crippen molar-refractivity contribution < 1.29 is 4.52 Å². The van der Waals surface area contributed by atoms with E-state index in [-0.39, 0.29) is 5.41 Å². The highest BCUT2D eigenvalue weighted by atomic mass is 16.5. The SMILES string of the molecule is CC(C)CN(Cc1nc(C(C)(C)C)no1)C1CC1. The molecule has 0 N–H and O–H groups in total. The Balaban J connectivity index is 2.00. The molecule has 1 saturated carbocycles. The van der Waals surface area contributed by atoms with Crippen molar-refractivity contribution in [3.63, 3.8) is 0 Å². The molecule has 0 bridgehead atoms. The molecule has 0 spiro atoms. The predicted molar refractivity (Wildman–Crippen MR) is 71.3 cm³/mol. The van der Waals surface area contributed by atoms with E-state index in [1.807, 2.05) is 0 Å². The molecule has 4 nitrogen and oxygen atoms in total. The van der Waals surface area contributed by atoms with E-state index in [0.29, 0.717) is 5.92 Å². The first-order chi connectivity index (χ1) is 8.36. The molecule has 1 aliphatic rings. The van der Waals surface area contributed by atoms with Gasteiger partial charge < -0.3 is 4.52 Å². The highest BCUT2D eigenvalue weighted by Gasteiger charge is 2.31. The van der Waals surface area contributed by atoms with E-state index in [4.69, 9.17) is 4.52 Å². The number of rotatable bonds is 5. The lowest BCUT2D eigenvalue weighted by molar-refractivity contribution is 0.196. The Labute approximate surface area is 110 Å². The molecule has 1 aliphatic carbocycles. The van der Waals surface area contributed by atoms with Crippen LogP contribution in [0.5, 0.6) is 0 Å². The van der Waals surface area contributed by atoms with Crippen LogP contribution in [-0.2, 0) is 12.0 Å². The lowest BCUT2D eigenvalue weighted by atomic mass is 9.96. The van der Waals surface area contributed by atoms with Crippen LogP contribution >= 0.6 is 0 Å². The van der Waals surface area contributed by atoms with E-state index in [1.54, 1.807) is 0 Å². The number of nitrogens with zero attached hydrogens (tertiary/aromatic N) is 3. The van der Waals surface area contributed by atoms with Gasteiger partial charge in [0, 0.05) is 18.0 Å². The quantitative estimate of drug-likeness (QED) is 0.807. The molecule has 1 fully saturated rings. The minimum Gasteiger partial charge on any atom is -0.338 e. The Hall–Kier alpha value is -0.900. The average molecular weight is 251 g/mol. The number of hydrogen-bond donors (Lipinski definition) is 0. The summed E-state index contributed by atoms with van der Waals surface area (Å²) in [5, 5.41) is 4.09. The molecule has 1 aromatic heterocycles. The van der Waals surface area contributed by atoms with Crippen LogP contribution in [0.4, 0.5) is 0 Å². The van der Waals surface area contributed by atoms with Crippen molar-refractivity contribution >= 4 is 0 Å². The largest absolute Gasteiger partial charge is 0.338 e. The minimum absolute atomic E-state index is 0.0375. The maximum atomic E-state index is 5.38. The monoisotopic (exact) mass is 251 g/mol. The molecule has 1 heterocycles. The number of aromatic nitrogens is 2.